The SMILES string of the molecule is O=C(C[C@@H]1C(=O)Nc2ccccc2N1C(=O)c1ccc(Cl)cc1)Nc1ccccc1. The van der Waals surface area contributed by atoms with Crippen molar-refractivity contribution in [1.29, 1.82) is 0 Å². The van der Waals surface area contributed by atoms with Crippen molar-refractivity contribution >= 4 is 46.4 Å². The maximum absolute atomic E-state index is 13.3. The van der Waals surface area contributed by atoms with Gasteiger partial charge in [-0.25, -0.2) is 0 Å². The molecule has 1 heterocycles. The quantitative estimate of drug-likeness (QED) is 0.660. The van der Waals surface area contributed by atoms with Crippen molar-refractivity contribution < 1.29 is 14.4 Å². The monoisotopic (exact) mass is 419 g/mol. The van der Waals surface area contributed by atoms with E-state index in [0.29, 0.717) is 27.6 Å². The summed E-state index contributed by atoms with van der Waals surface area (Å²) in [6.45, 7) is 0. The smallest absolute Gasteiger partial charge is 0.259 e. The molecule has 0 saturated carbocycles. The summed E-state index contributed by atoms with van der Waals surface area (Å²) in [7, 11) is 0. The highest BCUT2D eigenvalue weighted by Crippen LogP contribution is 2.34. The Morgan fingerprint density at radius 3 is 2.33 bits per heavy atom. The second-order valence-corrected chi connectivity index (χ2v) is 7.26. The topological polar surface area (TPSA) is 78.5 Å². The molecule has 0 aliphatic carbocycles. The standard InChI is InChI=1S/C23H18ClN3O3/c24-16-12-10-15(11-13-16)23(30)27-19-9-5-4-8-18(19)26-22(29)20(27)14-21(28)25-17-6-2-1-3-7-17/h1-13,20H,14H2,(H,25,28)(H,26,29)/t20-/m1/s1. The second-order valence-electron chi connectivity index (χ2n) is 6.82. The van der Waals surface area contributed by atoms with Gasteiger partial charge < -0.3 is 10.6 Å². The van der Waals surface area contributed by atoms with Gasteiger partial charge in [0.05, 0.1) is 17.8 Å². The summed E-state index contributed by atoms with van der Waals surface area (Å²) in [5.74, 6) is -1.17. The fourth-order valence-corrected chi connectivity index (χ4v) is 3.49. The maximum Gasteiger partial charge on any atom is 0.259 e. The van der Waals surface area contributed by atoms with Crippen molar-refractivity contribution in [2.45, 2.75) is 12.5 Å². The van der Waals surface area contributed by atoms with E-state index in [1.807, 2.05) is 6.07 Å². The van der Waals surface area contributed by atoms with Crippen LogP contribution in [0.4, 0.5) is 17.1 Å². The van der Waals surface area contributed by atoms with E-state index < -0.39 is 11.9 Å². The summed E-state index contributed by atoms with van der Waals surface area (Å²) in [6, 6.07) is 21.4. The van der Waals surface area contributed by atoms with Crippen molar-refractivity contribution in [2.24, 2.45) is 0 Å². The highest BCUT2D eigenvalue weighted by Gasteiger charge is 2.38. The van der Waals surface area contributed by atoms with Gasteiger partial charge >= 0.3 is 0 Å². The number of nitrogens with zero attached hydrogens (tertiary/aromatic N) is 1. The molecule has 150 valence electrons. The first-order valence-electron chi connectivity index (χ1n) is 9.37. The number of para-hydroxylation sites is 3. The Kier molecular flexibility index (Phi) is 5.50. The number of halogens is 1. The summed E-state index contributed by atoms with van der Waals surface area (Å²) in [5.41, 5.74) is 2.05. The Labute approximate surface area is 178 Å². The Morgan fingerprint density at radius 1 is 0.933 bits per heavy atom. The number of carbonyl (C=O) groups excluding carboxylic acids is 3. The Bertz CT molecular complexity index is 1100. The van der Waals surface area contributed by atoms with Gasteiger partial charge in [0, 0.05) is 16.3 Å². The fourth-order valence-electron chi connectivity index (χ4n) is 3.37. The molecule has 1 aliphatic heterocycles. The van der Waals surface area contributed by atoms with Crippen LogP contribution in [0.25, 0.3) is 0 Å². The molecular formula is C23H18ClN3O3. The van der Waals surface area contributed by atoms with Crippen LogP contribution in [0.15, 0.2) is 78.9 Å². The third-order valence-electron chi connectivity index (χ3n) is 4.78. The number of anilines is 3. The zero-order valence-electron chi connectivity index (χ0n) is 15.8. The van der Waals surface area contributed by atoms with Gasteiger partial charge in [-0.05, 0) is 48.5 Å². The first kappa shape index (κ1) is 19.7. The van der Waals surface area contributed by atoms with Crippen molar-refractivity contribution in [3.05, 3.63) is 89.4 Å². The molecular weight excluding hydrogens is 402 g/mol. The van der Waals surface area contributed by atoms with Crippen molar-refractivity contribution in [3.63, 3.8) is 0 Å². The minimum Gasteiger partial charge on any atom is -0.326 e. The van der Waals surface area contributed by atoms with Crippen LogP contribution in [-0.2, 0) is 9.59 Å². The summed E-state index contributed by atoms with van der Waals surface area (Å²) in [6.07, 6.45) is -0.186. The van der Waals surface area contributed by atoms with E-state index in [1.165, 1.54) is 4.90 Å². The van der Waals surface area contributed by atoms with E-state index in [4.69, 9.17) is 11.6 Å². The average molecular weight is 420 g/mol. The number of rotatable bonds is 4. The molecule has 3 aromatic rings. The van der Waals surface area contributed by atoms with Gasteiger partial charge in [0.2, 0.25) is 11.8 Å². The van der Waals surface area contributed by atoms with Gasteiger partial charge in [-0.1, -0.05) is 41.9 Å². The Balaban J connectivity index is 1.66. The number of amides is 3. The lowest BCUT2D eigenvalue weighted by Crippen LogP contribution is -2.52. The molecule has 0 unspecified atom stereocenters. The van der Waals surface area contributed by atoms with Crippen molar-refractivity contribution in [3.8, 4) is 0 Å². The van der Waals surface area contributed by atoms with Gasteiger partial charge in [-0.3, -0.25) is 19.3 Å². The van der Waals surface area contributed by atoms with Crippen LogP contribution in [0, 0.1) is 0 Å². The lowest BCUT2D eigenvalue weighted by atomic mass is 10.0. The highest BCUT2D eigenvalue weighted by molar-refractivity contribution is 6.30. The molecule has 0 bridgehead atoms. The number of carbonyl (C=O) groups is 3. The van der Waals surface area contributed by atoms with E-state index in [-0.39, 0.29) is 18.2 Å². The highest BCUT2D eigenvalue weighted by atomic mass is 35.5. The predicted molar refractivity (Wildman–Crippen MR) is 117 cm³/mol. The summed E-state index contributed by atoms with van der Waals surface area (Å²) >= 11 is 5.94. The molecule has 0 radical (unpaired) electrons. The number of nitrogens with one attached hydrogen (secondary N) is 2. The molecule has 0 fully saturated rings. The minimum atomic E-state index is -0.994. The molecule has 0 spiro atoms. The molecule has 4 rings (SSSR count). The van der Waals surface area contributed by atoms with Crippen molar-refractivity contribution in [1.82, 2.24) is 0 Å². The molecule has 0 saturated heterocycles. The van der Waals surface area contributed by atoms with Crippen LogP contribution in [-0.4, -0.2) is 23.8 Å². The molecule has 3 aromatic carbocycles. The van der Waals surface area contributed by atoms with E-state index in [2.05, 4.69) is 10.6 Å². The largest absolute Gasteiger partial charge is 0.326 e. The normalized spacial score (nSPS) is 15.2. The van der Waals surface area contributed by atoms with Crippen LogP contribution in [0.2, 0.25) is 5.02 Å². The van der Waals surface area contributed by atoms with Gasteiger partial charge in [-0.15, -0.1) is 0 Å². The third-order valence-corrected chi connectivity index (χ3v) is 5.03. The summed E-state index contributed by atoms with van der Waals surface area (Å²) in [4.78, 5) is 40.2. The lowest BCUT2D eigenvalue weighted by molar-refractivity contribution is -0.122. The first-order valence-corrected chi connectivity index (χ1v) is 9.74. The summed E-state index contributed by atoms with van der Waals surface area (Å²) in [5, 5.41) is 6.06. The molecule has 2 N–H and O–H groups in total. The molecule has 0 aromatic heterocycles. The molecule has 7 heteroatoms. The minimum absolute atomic E-state index is 0.186. The van der Waals surface area contributed by atoms with Crippen LogP contribution in [0.5, 0.6) is 0 Å². The number of hydrogen-bond donors (Lipinski definition) is 2. The molecule has 30 heavy (non-hydrogen) atoms. The van der Waals surface area contributed by atoms with E-state index in [9.17, 15) is 14.4 Å². The van der Waals surface area contributed by atoms with E-state index in [0.717, 1.165) is 0 Å². The number of hydrogen-bond acceptors (Lipinski definition) is 3. The molecule has 3 amide bonds. The Morgan fingerprint density at radius 2 is 1.60 bits per heavy atom. The zero-order valence-corrected chi connectivity index (χ0v) is 16.6. The number of benzene rings is 3. The van der Waals surface area contributed by atoms with E-state index >= 15 is 0 Å². The molecule has 1 atom stereocenters. The van der Waals surface area contributed by atoms with Gasteiger partial charge in [0.1, 0.15) is 6.04 Å². The van der Waals surface area contributed by atoms with Crippen LogP contribution in [0.1, 0.15) is 16.8 Å². The fraction of sp³-hybridized carbons (Fsp3) is 0.0870. The zero-order chi connectivity index (χ0) is 21.1. The lowest BCUT2D eigenvalue weighted by Gasteiger charge is -2.36. The molecule has 1 aliphatic rings. The Hall–Kier alpha value is -3.64. The third kappa shape index (κ3) is 4.04. The van der Waals surface area contributed by atoms with Crippen LogP contribution < -0.4 is 15.5 Å². The second kappa shape index (κ2) is 8.39. The maximum atomic E-state index is 13.3. The predicted octanol–water partition coefficient (Wildman–Crippen LogP) is 4.34. The van der Waals surface area contributed by atoms with Gasteiger partial charge in [-0.2, -0.15) is 0 Å². The van der Waals surface area contributed by atoms with Crippen molar-refractivity contribution in [2.75, 3.05) is 15.5 Å². The number of fused-ring (bicyclic) bond motifs is 1. The summed E-state index contributed by atoms with van der Waals surface area (Å²) < 4.78 is 0. The van der Waals surface area contributed by atoms with E-state index in [1.54, 1.807) is 72.8 Å². The van der Waals surface area contributed by atoms with Gasteiger partial charge in [0.25, 0.3) is 5.91 Å². The average Bonchev–Trinajstić information content (AvgIpc) is 2.75. The van der Waals surface area contributed by atoms with Crippen LogP contribution >= 0.6 is 11.6 Å². The first-order chi connectivity index (χ1) is 14.5. The molecule has 6 nitrogen and oxygen atoms in total. The van der Waals surface area contributed by atoms with Crippen LogP contribution in [0.3, 0.4) is 0 Å². The van der Waals surface area contributed by atoms with Gasteiger partial charge in [0.15, 0.2) is 0 Å².